The van der Waals surface area contributed by atoms with Gasteiger partial charge in [0, 0.05) is 6.54 Å². The Kier molecular flexibility index (Phi) is 6.01. The Labute approximate surface area is 114 Å². The minimum Gasteiger partial charge on any atom is -0.465 e. The molecule has 0 saturated heterocycles. The SMILES string of the molecule is C=CCNC(C(=O)OCC)c1ccc(Br)c(F)c1. The van der Waals surface area contributed by atoms with E-state index in [-0.39, 0.29) is 6.61 Å². The fourth-order valence-corrected chi connectivity index (χ4v) is 1.70. The second-order valence-corrected chi connectivity index (χ2v) is 4.41. The fourth-order valence-electron chi connectivity index (χ4n) is 1.46. The van der Waals surface area contributed by atoms with Crippen LogP contribution in [-0.4, -0.2) is 19.1 Å². The summed E-state index contributed by atoms with van der Waals surface area (Å²) >= 11 is 3.07. The highest BCUT2D eigenvalue weighted by Gasteiger charge is 2.21. The normalized spacial score (nSPS) is 11.9. The van der Waals surface area contributed by atoms with Gasteiger partial charge in [0.1, 0.15) is 11.9 Å². The lowest BCUT2D eigenvalue weighted by atomic mass is 10.1. The van der Waals surface area contributed by atoms with Gasteiger partial charge in [0.05, 0.1) is 11.1 Å². The molecule has 0 aliphatic carbocycles. The van der Waals surface area contributed by atoms with Gasteiger partial charge in [-0.25, -0.2) is 9.18 Å². The highest BCUT2D eigenvalue weighted by Crippen LogP contribution is 2.21. The van der Waals surface area contributed by atoms with Crippen LogP contribution in [0.2, 0.25) is 0 Å². The van der Waals surface area contributed by atoms with Crippen molar-refractivity contribution in [3.05, 3.63) is 46.7 Å². The van der Waals surface area contributed by atoms with Crippen LogP contribution in [0, 0.1) is 5.82 Å². The van der Waals surface area contributed by atoms with Gasteiger partial charge in [-0.15, -0.1) is 6.58 Å². The number of hydrogen-bond donors (Lipinski definition) is 1. The van der Waals surface area contributed by atoms with Gasteiger partial charge in [-0.3, -0.25) is 5.32 Å². The second kappa shape index (κ2) is 7.28. The molecule has 1 unspecified atom stereocenters. The Bertz CT molecular complexity index is 437. The van der Waals surface area contributed by atoms with E-state index in [2.05, 4.69) is 27.8 Å². The minimum absolute atomic E-state index is 0.282. The van der Waals surface area contributed by atoms with E-state index < -0.39 is 17.8 Å². The highest BCUT2D eigenvalue weighted by atomic mass is 79.9. The lowest BCUT2D eigenvalue weighted by molar-refractivity contribution is -0.145. The first-order chi connectivity index (χ1) is 8.60. The molecule has 5 heteroatoms. The Balaban J connectivity index is 2.96. The van der Waals surface area contributed by atoms with Crippen LogP contribution in [0.3, 0.4) is 0 Å². The lowest BCUT2D eigenvalue weighted by Crippen LogP contribution is -2.30. The van der Waals surface area contributed by atoms with Crippen LogP contribution >= 0.6 is 15.9 Å². The maximum atomic E-state index is 13.5. The molecule has 0 fully saturated rings. The summed E-state index contributed by atoms with van der Waals surface area (Å²) in [6.45, 7) is 6.01. The number of carbonyl (C=O) groups excluding carboxylic acids is 1. The van der Waals surface area contributed by atoms with Crippen LogP contribution in [0.5, 0.6) is 0 Å². The minimum atomic E-state index is -0.689. The maximum Gasteiger partial charge on any atom is 0.327 e. The average molecular weight is 316 g/mol. The Morgan fingerprint density at radius 2 is 2.39 bits per heavy atom. The first kappa shape index (κ1) is 14.9. The van der Waals surface area contributed by atoms with Crippen LogP contribution in [0.1, 0.15) is 18.5 Å². The summed E-state index contributed by atoms with van der Waals surface area (Å²) in [5, 5.41) is 2.94. The van der Waals surface area contributed by atoms with E-state index >= 15 is 0 Å². The van der Waals surface area contributed by atoms with Crippen molar-refractivity contribution in [3.63, 3.8) is 0 Å². The zero-order chi connectivity index (χ0) is 13.5. The van der Waals surface area contributed by atoms with E-state index in [1.807, 2.05) is 0 Å². The number of hydrogen-bond acceptors (Lipinski definition) is 3. The van der Waals surface area contributed by atoms with Crippen molar-refractivity contribution in [2.45, 2.75) is 13.0 Å². The van der Waals surface area contributed by atoms with Crippen molar-refractivity contribution >= 4 is 21.9 Å². The number of esters is 1. The predicted molar refractivity (Wildman–Crippen MR) is 71.7 cm³/mol. The Morgan fingerprint density at radius 3 is 2.94 bits per heavy atom. The molecule has 1 atom stereocenters. The number of benzene rings is 1. The zero-order valence-electron chi connectivity index (χ0n) is 10.1. The molecule has 1 aromatic rings. The number of ether oxygens (including phenoxy) is 1. The Hall–Kier alpha value is -1.20. The van der Waals surface area contributed by atoms with Gasteiger partial charge < -0.3 is 4.74 Å². The summed E-state index contributed by atoms with van der Waals surface area (Å²) in [6.07, 6.45) is 1.63. The zero-order valence-corrected chi connectivity index (χ0v) is 11.7. The number of nitrogens with one attached hydrogen (secondary N) is 1. The number of halogens is 2. The third-order valence-corrected chi connectivity index (χ3v) is 2.91. The summed E-state index contributed by atoms with van der Waals surface area (Å²) in [5.41, 5.74) is 0.524. The second-order valence-electron chi connectivity index (χ2n) is 3.56. The smallest absolute Gasteiger partial charge is 0.327 e. The van der Waals surface area contributed by atoms with Crippen LogP contribution < -0.4 is 5.32 Å². The molecule has 1 aromatic carbocycles. The molecule has 1 N–H and O–H groups in total. The molecular formula is C13H15BrFNO2. The van der Waals surface area contributed by atoms with Gasteiger partial charge in [0.2, 0.25) is 0 Å². The van der Waals surface area contributed by atoms with Gasteiger partial charge in [0.25, 0.3) is 0 Å². The van der Waals surface area contributed by atoms with E-state index in [9.17, 15) is 9.18 Å². The summed E-state index contributed by atoms with van der Waals surface area (Å²) in [7, 11) is 0. The standard InChI is InChI=1S/C13H15BrFNO2/c1-3-7-16-12(13(17)18-4-2)9-5-6-10(14)11(15)8-9/h3,5-6,8,12,16H,1,4,7H2,2H3. The van der Waals surface area contributed by atoms with Crippen LogP contribution in [-0.2, 0) is 9.53 Å². The predicted octanol–water partition coefficient (Wildman–Crippen LogP) is 2.97. The van der Waals surface area contributed by atoms with Crippen molar-refractivity contribution in [1.29, 1.82) is 0 Å². The molecule has 0 amide bonds. The summed E-state index contributed by atoms with van der Waals surface area (Å²) in [6, 6.07) is 3.85. The van der Waals surface area contributed by atoms with Gasteiger partial charge in [-0.1, -0.05) is 12.1 Å². The van der Waals surface area contributed by atoms with Crippen molar-refractivity contribution < 1.29 is 13.9 Å². The van der Waals surface area contributed by atoms with Crippen LogP contribution in [0.4, 0.5) is 4.39 Å². The van der Waals surface area contributed by atoms with Gasteiger partial charge in [0.15, 0.2) is 0 Å². The number of rotatable bonds is 6. The lowest BCUT2D eigenvalue weighted by Gasteiger charge is -2.17. The molecule has 0 saturated carbocycles. The van der Waals surface area contributed by atoms with Crippen molar-refractivity contribution in [2.75, 3.05) is 13.2 Å². The fraction of sp³-hybridized carbons (Fsp3) is 0.308. The van der Waals surface area contributed by atoms with E-state index in [4.69, 9.17) is 4.74 Å². The van der Waals surface area contributed by atoms with E-state index in [0.717, 1.165) is 0 Å². The van der Waals surface area contributed by atoms with E-state index in [0.29, 0.717) is 16.6 Å². The monoisotopic (exact) mass is 315 g/mol. The van der Waals surface area contributed by atoms with Gasteiger partial charge >= 0.3 is 5.97 Å². The molecule has 18 heavy (non-hydrogen) atoms. The third-order valence-electron chi connectivity index (χ3n) is 2.27. The van der Waals surface area contributed by atoms with Crippen molar-refractivity contribution in [3.8, 4) is 0 Å². The molecule has 0 radical (unpaired) electrons. The first-order valence-electron chi connectivity index (χ1n) is 5.56. The third kappa shape index (κ3) is 3.92. The molecule has 0 spiro atoms. The van der Waals surface area contributed by atoms with E-state index in [1.54, 1.807) is 25.1 Å². The summed E-state index contributed by atoms with van der Waals surface area (Å²) < 4.78 is 18.8. The number of carbonyl (C=O) groups is 1. The average Bonchev–Trinajstić information content (AvgIpc) is 2.34. The highest BCUT2D eigenvalue weighted by molar-refractivity contribution is 9.10. The molecule has 3 nitrogen and oxygen atoms in total. The molecule has 0 bridgehead atoms. The van der Waals surface area contributed by atoms with Gasteiger partial charge in [-0.05, 0) is 40.5 Å². The topological polar surface area (TPSA) is 38.3 Å². The Morgan fingerprint density at radius 1 is 1.67 bits per heavy atom. The summed E-state index contributed by atoms with van der Waals surface area (Å²) in [4.78, 5) is 11.8. The molecule has 0 aliphatic heterocycles. The molecule has 0 aliphatic rings. The van der Waals surface area contributed by atoms with E-state index in [1.165, 1.54) is 6.07 Å². The first-order valence-corrected chi connectivity index (χ1v) is 6.35. The largest absolute Gasteiger partial charge is 0.465 e. The van der Waals surface area contributed by atoms with Crippen LogP contribution in [0.25, 0.3) is 0 Å². The van der Waals surface area contributed by atoms with Gasteiger partial charge in [-0.2, -0.15) is 0 Å². The maximum absolute atomic E-state index is 13.5. The molecular weight excluding hydrogens is 301 g/mol. The van der Waals surface area contributed by atoms with Crippen LogP contribution in [0.15, 0.2) is 35.3 Å². The molecule has 0 heterocycles. The quantitative estimate of drug-likeness (QED) is 0.648. The molecule has 0 aromatic heterocycles. The van der Waals surface area contributed by atoms with Crippen molar-refractivity contribution in [2.24, 2.45) is 0 Å². The summed E-state index contributed by atoms with van der Waals surface area (Å²) in [5.74, 6) is -0.844. The van der Waals surface area contributed by atoms with Crippen molar-refractivity contribution in [1.82, 2.24) is 5.32 Å². The molecule has 98 valence electrons. The molecule has 1 rings (SSSR count).